The molecule has 1 aromatic rings. The molecule has 108 valence electrons. The van der Waals surface area contributed by atoms with Gasteiger partial charge < -0.3 is 5.32 Å². The summed E-state index contributed by atoms with van der Waals surface area (Å²) in [4.78, 5) is 24.8. The lowest BCUT2D eigenvalue weighted by atomic mass is 9.70. The largest absolute Gasteiger partial charge is 0.351 e. The smallest absolute Gasteiger partial charge is 0.233 e. The summed E-state index contributed by atoms with van der Waals surface area (Å²) in [5.74, 6) is -0.0896. The average Bonchev–Trinajstić information content (AvgIpc) is 2.53. The van der Waals surface area contributed by atoms with Crippen molar-refractivity contribution in [1.29, 1.82) is 0 Å². The fraction of sp³-hybridized carbons (Fsp3) is 0.500. The van der Waals surface area contributed by atoms with E-state index in [2.05, 4.69) is 21.2 Å². The average molecular weight is 338 g/mol. The highest BCUT2D eigenvalue weighted by molar-refractivity contribution is 9.09. The number of amides is 1. The Morgan fingerprint density at radius 1 is 1.10 bits per heavy atom. The predicted molar refractivity (Wildman–Crippen MR) is 82.6 cm³/mol. The third-order valence-electron chi connectivity index (χ3n) is 4.09. The monoisotopic (exact) mass is 337 g/mol. The lowest BCUT2D eigenvalue weighted by Crippen LogP contribution is -2.48. The summed E-state index contributed by atoms with van der Waals surface area (Å²) in [6.07, 6.45) is 4.38. The van der Waals surface area contributed by atoms with Gasteiger partial charge in [0.2, 0.25) is 5.91 Å². The van der Waals surface area contributed by atoms with E-state index < -0.39 is 5.41 Å². The van der Waals surface area contributed by atoms with Gasteiger partial charge >= 0.3 is 0 Å². The van der Waals surface area contributed by atoms with E-state index in [1.165, 1.54) is 0 Å². The Labute approximate surface area is 128 Å². The number of Topliss-reactive ketones (excluding diaryl/α,β-unsaturated/α-hetero) is 1. The minimum Gasteiger partial charge on any atom is -0.351 e. The Kier molecular flexibility index (Phi) is 5.35. The van der Waals surface area contributed by atoms with E-state index in [9.17, 15) is 9.59 Å². The number of nitrogens with one attached hydrogen (secondary N) is 1. The predicted octanol–water partition coefficient (Wildman–Crippen LogP) is 3.22. The van der Waals surface area contributed by atoms with E-state index >= 15 is 0 Å². The van der Waals surface area contributed by atoms with Gasteiger partial charge in [0, 0.05) is 6.54 Å². The number of carbonyl (C=O) groups is 2. The first kappa shape index (κ1) is 15.2. The minimum atomic E-state index is -0.809. The van der Waals surface area contributed by atoms with E-state index in [1.54, 1.807) is 0 Å². The van der Waals surface area contributed by atoms with E-state index in [0.717, 1.165) is 24.8 Å². The second kappa shape index (κ2) is 7.02. The summed E-state index contributed by atoms with van der Waals surface area (Å²) in [5.41, 5.74) is 0.245. The van der Waals surface area contributed by atoms with E-state index in [0.29, 0.717) is 19.4 Å². The van der Waals surface area contributed by atoms with Crippen LogP contribution in [0.3, 0.4) is 0 Å². The summed E-state index contributed by atoms with van der Waals surface area (Å²) in [7, 11) is 0. The van der Waals surface area contributed by atoms with Crippen molar-refractivity contribution in [3.8, 4) is 0 Å². The first-order valence-electron chi connectivity index (χ1n) is 7.10. The molecule has 0 radical (unpaired) electrons. The molecule has 2 rings (SSSR count). The molecule has 1 aromatic carbocycles. The minimum absolute atomic E-state index is 0.0164. The highest BCUT2D eigenvalue weighted by Gasteiger charge is 2.45. The number of benzene rings is 1. The van der Waals surface area contributed by atoms with Crippen molar-refractivity contribution in [3.05, 3.63) is 35.9 Å². The van der Waals surface area contributed by atoms with Crippen LogP contribution >= 0.6 is 15.9 Å². The van der Waals surface area contributed by atoms with Gasteiger partial charge in [-0.2, -0.15) is 0 Å². The van der Waals surface area contributed by atoms with Crippen molar-refractivity contribution in [2.75, 3.05) is 5.33 Å². The SMILES string of the molecule is O=C(CBr)C1(C(=O)NCc2ccccc2)CCCCC1. The third kappa shape index (κ3) is 3.29. The van der Waals surface area contributed by atoms with Crippen molar-refractivity contribution in [2.24, 2.45) is 5.41 Å². The number of ketones is 1. The van der Waals surface area contributed by atoms with Crippen LogP contribution < -0.4 is 5.32 Å². The first-order chi connectivity index (χ1) is 9.69. The van der Waals surface area contributed by atoms with Gasteiger partial charge in [0.25, 0.3) is 0 Å². The van der Waals surface area contributed by atoms with Crippen LogP contribution in [0.25, 0.3) is 0 Å². The van der Waals surface area contributed by atoms with Crippen LogP contribution in [0.4, 0.5) is 0 Å². The molecule has 0 unspecified atom stereocenters. The maximum Gasteiger partial charge on any atom is 0.233 e. The lowest BCUT2D eigenvalue weighted by molar-refractivity contribution is -0.143. The summed E-state index contributed by atoms with van der Waals surface area (Å²) in [5, 5.41) is 3.20. The highest BCUT2D eigenvalue weighted by Crippen LogP contribution is 2.38. The van der Waals surface area contributed by atoms with Gasteiger partial charge in [0.05, 0.1) is 5.33 Å². The standard InChI is InChI=1S/C16H20BrNO2/c17-11-14(19)16(9-5-2-6-10-16)15(20)18-12-13-7-3-1-4-8-13/h1,3-4,7-8H,2,5-6,9-12H2,(H,18,20). The van der Waals surface area contributed by atoms with Crippen molar-refractivity contribution in [3.63, 3.8) is 0 Å². The first-order valence-corrected chi connectivity index (χ1v) is 8.23. The van der Waals surface area contributed by atoms with Gasteiger partial charge in [-0.1, -0.05) is 65.5 Å². The number of halogens is 1. The molecule has 0 atom stereocenters. The van der Waals surface area contributed by atoms with Gasteiger partial charge in [-0.3, -0.25) is 9.59 Å². The van der Waals surface area contributed by atoms with Gasteiger partial charge in [-0.25, -0.2) is 0 Å². The molecule has 3 nitrogen and oxygen atoms in total. The molecule has 0 spiro atoms. The van der Waals surface area contributed by atoms with Crippen molar-refractivity contribution < 1.29 is 9.59 Å². The van der Waals surface area contributed by atoms with Crippen LogP contribution in [-0.4, -0.2) is 17.0 Å². The van der Waals surface area contributed by atoms with Crippen LogP contribution in [0.15, 0.2) is 30.3 Å². The molecular weight excluding hydrogens is 318 g/mol. The topological polar surface area (TPSA) is 46.2 Å². The molecule has 1 aliphatic carbocycles. The zero-order valence-corrected chi connectivity index (χ0v) is 13.1. The van der Waals surface area contributed by atoms with E-state index in [4.69, 9.17) is 0 Å². The van der Waals surface area contributed by atoms with Gasteiger partial charge in [0.1, 0.15) is 5.41 Å². The molecule has 4 heteroatoms. The van der Waals surface area contributed by atoms with Crippen LogP contribution in [0, 0.1) is 5.41 Å². The number of alkyl halides is 1. The van der Waals surface area contributed by atoms with Crippen LogP contribution in [0.2, 0.25) is 0 Å². The molecule has 0 heterocycles. The lowest BCUT2D eigenvalue weighted by Gasteiger charge is -2.34. The van der Waals surface area contributed by atoms with E-state index in [-0.39, 0.29) is 17.0 Å². The summed E-state index contributed by atoms with van der Waals surface area (Å²) < 4.78 is 0. The van der Waals surface area contributed by atoms with Gasteiger partial charge in [0.15, 0.2) is 5.78 Å². The molecule has 1 amide bonds. The maximum atomic E-state index is 12.5. The normalized spacial score (nSPS) is 17.4. The molecule has 1 aliphatic rings. The number of rotatable bonds is 5. The number of hydrogen-bond donors (Lipinski definition) is 1. The Balaban J connectivity index is 2.05. The van der Waals surface area contributed by atoms with Crippen LogP contribution in [-0.2, 0) is 16.1 Å². The Bertz CT molecular complexity index is 467. The summed E-state index contributed by atoms with van der Waals surface area (Å²) in [6.45, 7) is 0.483. The molecule has 20 heavy (non-hydrogen) atoms. The Morgan fingerprint density at radius 2 is 1.75 bits per heavy atom. The molecule has 1 saturated carbocycles. The fourth-order valence-corrected chi connectivity index (χ4v) is 3.40. The molecule has 0 aromatic heterocycles. The molecule has 1 fully saturated rings. The summed E-state index contributed by atoms with van der Waals surface area (Å²) in [6, 6.07) is 9.78. The zero-order valence-electron chi connectivity index (χ0n) is 11.5. The number of hydrogen-bond acceptors (Lipinski definition) is 2. The molecule has 1 N–H and O–H groups in total. The van der Waals surface area contributed by atoms with Crippen molar-refractivity contribution in [2.45, 2.75) is 38.6 Å². The molecule has 0 aliphatic heterocycles. The molecule has 0 saturated heterocycles. The maximum absolute atomic E-state index is 12.5. The summed E-state index contributed by atoms with van der Waals surface area (Å²) >= 11 is 3.22. The molecule has 0 bridgehead atoms. The van der Waals surface area contributed by atoms with Crippen LogP contribution in [0.5, 0.6) is 0 Å². The number of carbonyl (C=O) groups excluding carboxylic acids is 2. The van der Waals surface area contributed by atoms with Gasteiger partial charge in [-0.15, -0.1) is 0 Å². The Morgan fingerprint density at radius 3 is 2.35 bits per heavy atom. The fourth-order valence-electron chi connectivity index (χ4n) is 2.86. The van der Waals surface area contributed by atoms with E-state index in [1.807, 2.05) is 30.3 Å². The quantitative estimate of drug-likeness (QED) is 0.662. The molecular formula is C16H20BrNO2. The van der Waals surface area contributed by atoms with Gasteiger partial charge in [-0.05, 0) is 18.4 Å². The second-order valence-electron chi connectivity index (χ2n) is 5.37. The zero-order chi connectivity index (χ0) is 14.4. The second-order valence-corrected chi connectivity index (χ2v) is 5.93. The van der Waals surface area contributed by atoms with Crippen LogP contribution in [0.1, 0.15) is 37.7 Å². The highest BCUT2D eigenvalue weighted by atomic mass is 79.9. The Hall–Kier alpha value is -1.16. The third-order valence-corrected chi connectivity index (χ3v) is 4.60. The van der Waals surface area contributed by atoms with Crippen molar-refractivity contribution in [1.82, 2.24) is 5.32 Å². The van der Waals surface area contributed by atoms with Crippen molar-refractivity contribution >= 4 is 27.6 Å².